The second-order valence-electron chi connectivity index (χ2n) is 6.01. The van der Waals surface area contributed by atoms with Crippen LogP contribution in [0.2, 0.25) is 0 Å². The van der Waals surface area contributed by atoms with Crippen LogP contribution in [0.5, 0.6) is 0 Å². The summed E-state index contributed by atoms with van der Waals surface area (Å²) < 4.78 is 41.7. The molecule has 27 heavy (non-hydrogen) atoms. The summed E-state index contributed by atoms with van der Waals surface area (Å²) >= 11 is 0. The van der Waals surface area contributed by atoms with Crippen LogP contribution < -0.4 is 10.5 Å². The van der Waals surface area contributed by atoms with Gasteiger partial charge in [-0.25, -0.2) is 12.8 Å². The van der Waals surface area contributed by atoms with Gasteiger partial charge in [0.1, 0.15) is 11.9 Å². The number of hydrogen-bond acceptors (Lipinski definition) is 4. The van der Waals surface area contributed by atoms with Gasteiger partial charge in [0, 0.05) is 5.69 Å². The molecule has 3 N–H and O–H groups in total. The zero-order chi connectivity index (χ0) is 19.6. The first kappa shape index (κ1) is 18.4. The van der Waals surface area contributed by atoms with Gasteiger partial charge in [-0.05, 0) is 66.1 Å². The van der Waals surface area contributed by atoms with Crippen LogP contribution in [0.4, 0.5) is 15.8 Å². The van der Waals surface area contributed by atoms with E-state index in [2.05, 4.69) is 4.72 Å². The third-order valence-electron chi connectivity index (χ3n) is 4.10. The van der Waals surface area contributed by atoms with E-state index in [1.165, 1.54) is 36.4 Å². The molecule has 0 amide bonds. The highest BCUT2D eigenvalue weighted by atomic mass is 32.2. The van der Waals surface area contributed by atoms with Gasteiger partial charge >= 0.3 is 0 Å². The highest BCUT2D eigenvalue weighted by Gasteiger charge is 2.16. The molecule has 0 radical (unpaired) electrons. The molecule has 7 heteroatoms. The minimum absolute atomic E-state index is 0.0462. The zero-order valence-electron chi connectivity index (χ0n) is 14.4. The monoisotopic (exact) mass is 381 g/mol. The van der Waals surface area contributed by atoms with Crippen molar-refractivity contribution in [3.63, 3.8) is 0 Å². The van der Waals surface area contributed by atoms with Gasteiger partial charge in [-0.3, -0.25) is 4.72 Å². The van der Waals surface area contributed by atoms with Crippen molar-refractivity contribution in [2.45, 2.75) is 11.8 Å². The van der Waals surface area contributed by atoms with Gasteiger partial charge in [-0.15, -0.1) is 0 Å². The third-order valence-corrected chi connectivity index (χ3v) is 5.48. The number of nitriles is 1. The molecular weight excluding hydrogens is 365 g/mol. The van der Waals surface area contributed by atoms with E-state index in [4.69, 9.17) is 11.0 Å². The Hall–Kier alpha value is -3.37. The molecule has 0 saturated carbocycles. The number of hydrogen-bond donors (Lipinski definition) is 2. The molecule has 3 aromatic rings. The van der Waals surface area contributed by atoms with E-state index in [1.54, 1.807) is 37.3 Å². The predicted molar refractivity (Wildman–Crippen MR) is 103 cm³/mol. The molecule has 0 aromatic heterocycles. The molecule has 3 rings (SSSR count). The van der Waals surface area contributed by atoms with Crippen LogP contribution in [-0.2, 0) is 10.0 Å². The van der Waals surface area contributed by atoms with Crippen molar-refractivity contribution < 1.29 is 12.8 Å². The van der Waals surface area contributed by atoms with E-state index in [-0.39, 0.29) is 10.5 Å². The minimum atomic E-state index is -3.79. The predicted octanol–water partition coefficient (Wildman–Crippen LogP) is 4.06. The van der Waals surface area contributed by atoms with E-state index in [0.717, 1.165) is 0 Å². The lowest BCUT2D eigenvalue weighted by molar-refractivity contribution is 0.601. The Kier molecular flexibility index (Phi) is 4.84. The SMILES string of the molecule is Cc1ccc(-c2ccc(C#N)c(F)c2)cc1NS(=O)(=O)c1ccc(N)cc1. The van der Waals surface area contributed by atoms with Crippen molar-refractivity contribution >= 4 is 21.4 Å². The fourth-order valence-electron chi connectivity index (χ4n) is 2.55. The maximum absolute atomic E-state index is 13.9. The summed E-state index contributed by atoms with van der Waals surface area (Å²) in [6.45, 7) is 1.77. The number of nitrogens with one attached hydrogen (secondary N) is 1. The molecule has 0 aliphatic carbocycles. The highest BCUT2D eigenvalue weighted by Crippen LogP contribution is 2.28. The molecule has 0 aliphatic rings. The molecule has 0 heterocycles. The molecule has 0 saturated heterocycles. The van der Waals surface area contributed by atoms with Gasteiger partial charge in [-0.1, -0.05) is 18.2 Å². The number of sulfonamides is 1. The van der Waals surface area contributed by atoms with Crippen LogP contribution >= 0.6 is 0 Å². The van der Waals surface area contributed by atoms with Crippen molar-refractivity contribution in [2.75, 3.05) is 10.5 Å². The van der Waals surface area contributed by atoms with Crippen molar-refractivity contribution in [2.24, 2.45) is 0 Å². The smallest absolute Gasteiger partial charge is 0.261 e. The third kappa shape index (κ3) is 3.91. The Morgan fingerprint density at radius 1 is 1.00 bits per heavy atom. The molecular formula is C20H16FN3O2S. The summed E-state index contributed by atoms with van der Waals surface area (Å²) in [5, 5.41) is 8.84. The summed E-state index contributed by atoms with van der Waals surface area (Å²) in [5.41, 5.74) is 8.28. The number of benzene rings is 3. The molecule has 0 aliphatic heterocycles. The van der Waals surface area contributed by atoms with E-state index in [1.807, 2.05) is 0 Å². The van der Waals surface area contributed by atoms with Crippen molar-refractivity contribution in [3.05, 3.63) is 77.6 Å². The molecule has 0 spiro atoms. The normalized spacial score (nSPS) is 11.0. The number of halogens is 1. The quantitative estimate of drug-likeness (QED) is 0.666. The summed E-state index contributed by atoms with van der Waals surface area (Å²) in [6, 6.07) is 17.0. The Morgan fingerprint density at radius 3 is 2.26 bits per heavy atom. The van der Waals surface area contributed by atoms with Gasteiger partial charge in [-0.2, -0.15) is 5.26 Å². The van der Waals surface area contributed by atoms with Gasteiger partial charge < -0.3 is 5.73 Å². The lowest BCUT2D eigenvalue weighted by atomic mass is 10.0. The topological polar surface area (TPSA) is 96.0 Å². The van der Waals surface area contributed by atoms with Crippen LogP contribution in [0.1, 0.15) is 11.1 Å². The first-order valence-corrected chi connectivity index (χ1v) is 9.47. The first-order valence-electron chi connectivity index (χ1n) is 7.99. The van der Waals surface area contributed by atoms with Gasteiger partial charge in [0.15, 0.2) is 0 Å². The summed E-state index contributed by atoms with van der Waals surface area (Å²) in [4.78, 5) is 0.0888. The Morgan fingerprint density at radius 2 is 1.63 bits per heavy atom. The number of anilines is 2. The van der Waals surface area contributed by atoms with Crippen LogP contribution in [0.3, 0.4) is 0 Å². The fourth-order valence-corrected chi connectivity index (χ4v) is 3.67. The summed E-state index contributed by atoms with van der Waals surface area (Å²) in [6.07, 6.45) is 0. The van der Waals surface area contributed by atoms with E-state index in [9.17, 15) is 12.8 Å². The lowest BCUT2D eigenvalue weighted by Crippen LogP contribution is -2.13. The number of rotatable bonds is 4. The van der Waals surface area contributed by atoms with Crippen LogP contribution in [0, 0.1) is 24.1 Å². The van der Waals surface area contributed by atoms with E-state index < -0.39 is 15.8 Å². The standard InChI is InChI=1S/C20H16FN3O2S/c1-13-2-3-15(14-4-5-16(12-22)19(21)10-14)11-20(13)24-27(25,26)18-8-6-17(23)7-9-18/h2-11,24H,23H2,1H3. The Labute approximate surface area is 156 Å². The Balaban J connectivity index is 1.98. The molecule has 0 unspecified atom stereocenters. The van der Waals surface area contributed by atoms with Crippen LogP contribution in [-0.4, -0.2) is 8.42 Å². The molecule has 136 valence electrons. The Bertz CT molecular complexity index is 1150. The number of nitrogen functional groups attached to an aromatic ring is 1. The second-order valence-corrected chi connectivity index (χ2v) is 7.69. The maximum Gasteiger partial charge on any atom is 0.261 e. The van der Waals surface area contributed by atoms with E-state index in [0.29, 0.717) is 28.1 Å². The average Bonchev–Trinajstić information content (AvgIpc) is 2.63. The maximum atomic E-state index is 13.9. The fraction of sp³-hybridized carbons (Fsp3) is 0.0500. The highest BCUT2D eigenvalue weighted by molar-refractivity contribution is 7.92. The molecule has 0 fully saturated rings. The molecule has 3 aromatic carbocycles. The number of aryl methyl sites for hydroxylation is 1. The van der Waals surface area contributed by atoms with Gasteiger partial charge in [0.05, 0.1) is 16.1 Å². The summed E-state index contributed by atoms with van der Waals surface area (Å²) in [7, 11) is -3.79. The number of nitrogens with two attached hydrogens (primary N) is 1. The molecule has 0 atom stereocenters. The van der Waals surface area contributed by atoms with Crippen LogP contribution in [0.25, 0.3) is 11.1 Å². The summed E-state index contributed by atoms with van der Waals surface area (Å²) in [5.74, 6) is -0.625. The van der Waals surface area contributed by atoms with Crippen LogP contribution in [0.15, 0.2) is 65.6 Å². The molecule has 5 nitrogen and oxygen atoms in total. The average molecular weight is 381 g/mol. The number of nitrogens with zero attached hydrogens (tertiary/aromatic N) is 1. The van der Waals surface area contributed by atoms with Crippen molar-refractivity contribution in [1.29, 1.82) is 5.26 Å². The second kappa shape index (κ2) is 7.09. The largest absolute Gasteiger partial charge is 0.399 e. The van der Waals surface area contributed by atoms with Crippen molar-refractivity contribution in [1.82, 2.24) is 0 Å². The van der Waals surface area contributed by atoms with Gasteiger partial charge in [0.2, 0.25) is 0 Å². The zero-order valence-corrected chi connectivity index (χ0v) is 15.2. The van der Waals surface area contributed by atoms with Crippen molar-refractivity contribution in [3.8, 4) is 17.2 Å². The van der Waals surface area contributed by atoms with Gasteiger partial charge in [0.25, 0.3) is 10.0 Å². The van der Waals surface area contributed by atoms with E-state index >= 15 is 0 Å². The molecule has 0 bridgehead atoms. The minimum Gasteiger partial charge on any atom is -0.399 e. The first-order chi connectivity index (χ1) is 12.8. The lowest BCUT2D eigenvalue weighted by Gasteiger charge is -2.13.